The molecule has 0 spiro atoms. The van der Waals surface area contributed by atoms with E-state index in [4.69, 9.17) is 4.74 Å². The van der Waals surface area contributed by atoms with Gasteiger partial charge in [0, 0.05) is 25.9 Å². The molecule has 1 fully saturated rings. The summed E-state index contributed by atoms with van der Waals surface area (Å²) in [6.45, 7) is 0.00756. The number of hydrogen-bond donors (Lipinski definition) is 5. The maximum Gasteiger partial charge on any atom is 0.352 e. The monoisotopic (exact) mass is 426 g/mol. The Morgan fingerprint density at radius 1 is 1.23 bits per heavy atom. The number of rotatable bonds is 4. The Morgan fingerprint density at radius 2 is 1.90 bits per heavy atom. The largest absolute Gasteiger partial charge is 0.477 e. The van der Waals surface area contributed by atoms with Crippen LogP contribution in [0, 0.1) is 0 Å². The minimum absolute atomic E-state index is 0.00756. The van der Waals surface area contributed by atoms with Crippen molar-refractivity contribution < 1.29 is 34.8 Å². The molecule has 0 aromatic carbocycles. The summed E-state index contributed by atoms with van der Waals surface area (Å²) in [4.78, 5) is 51.6. The molecular formula is C17H22N4O9. The van der Waals surface area contributed by atoms with E-state index < -0.39 is 59.8 Å². The van der Waals surface area contributed by atoms with Crippen molar-refractivity contribution >= 4 is 11.9 Å². The van der Waals surface area contributed by atoms with Crippen LogP contribution in [0.1, 0.15) is 6.23 Å². The fourth-order valence-electron chi connectivity index (χ4n) is 3.63. The first-order valence-electron chi connectivity index (χ1n) is 8.97. The molecule has 0 saturated carbocycles. The van der Waals surface area contributed by atoms with E-state index in [-0.39, 0.29) is 12.2 Å². The smallest absolute Gasteiger partial charge is 0.352 e. The van der Waals surface area contributed by atoms with Crippen LogP contribution in [-0.2, 0) is 14.3 Å². The number of aliphatic hydroxyl groups excluding tert-OH is 3. The molecule has 2 aliphatic rings. The van der Waals surface area contributed by atoms with Gasteiger partial charge in [-0.15, -0.1) is 0 Å². The number of hydrogen-bond acceptors (Lipinski definition) is 9. The summed E-state index contributed by atoms with van der Waals surface area (Å²) in [6, 6.07) is -0.286. The molecule has 3 heterocycles. The third-order valence-electron chi connectivity index (χ3n) is 5.27. The second kappa shape index (κ2) is 8.12. The molecule has 5 N–H and O–H groups in total. The number of aromatic amines is 1. The van der Waals surface area contributed by atoms with Crippen molar-refractivity contribution in [3.8, 4) is 0 Å². The SMILES string of the molecule is CN1C(=O)[C@@H]([C@H](O)[C@H]2O[C@@H](n3ccc(=O)[nH]c3=O)[C@H](O)[C@@H]2O)N(C)CC=C1C(=O)O. The quantitative estimate of drug-likeness (QED) is 0.320. The van der Waals surface area contributed by atoms with Crippen molar-refractivity contribution in [1.29, 1.82) is 0 Å². The summed E-state index contributed by atoms with van der Waals surface area (Å²) >= 11 is 0. The van der Waals surface area contributed by atoms with E-state index in [1.54, 1.807) is 0 Å². The van der Waals surface area contributed by atoms with Crippen molar-refractivity contribution in [2.45, 2.75) is 36.7 Å². The van der Waals surface area contributed by atoms with Crippen LogP contribution in [0.4, 0.5) is 0 Å². The number of amides is 1. The minimum Gasteiger partial charge on any atom is -0.477 e. The van der Waals surface area contributed by atoms with Gasteiger partial charge in [0.2, 0.25) is 5.91 Å². The molecule has 0 bridgehead atoms. The number of likely N-dealkylation sites (N-methyl/N-ethyl adjacent to an activating group) is 2. The van der Waals surface area contributed by atoms with Crippen LogP contribution >= 0.6 is 0 Å². The highest BCUT2D eigenvalue weighted by molar-refractivity contribution is 5.95. The van der Waals surface area contributed by atoms with Gasteiger partial charge in [0.25, 0.3) is 5.56 Å². The van der Waals surface area contributed by atoms with E-state index in [0.717, 1.165) is 21.7 Å². The fraction of sp³-hybridized carbons (Fsp3) is 0.529. The summed E-state index contributed by atoms with van der Waals surface area (Å²) in [7, 11) is 2.72. The van der Waals surface area contributed by atoms with Crippen LogP contribution in [0.2, 0.25) is 0 Å². The van der Waals surface area contributed by atoms with Crippen LogP contribution in [-0.4, -0.2) is 103 Å². The molecular weight excluding hydrogens is 404 g/mol. The molecule has 6 atom stereocenters. The average Bonchev–Trinajstić information content (AvgIpc) is 2.90. The highest BCUT2D eigenvalue weighted by atomic mass is 16.6. The molecule has 1 saturated heterocycles. The molecule has 0 unspecified atom stereocenters. The number of aromatic nitrogens is 2. The van der Waals surface area contributed by atoms with Gasteiger partial charge in [-0.25, -0.2) is 9.59 Å². The van der Waals surface area contributed by atoms with E-state index in [2.05, 4.69) is 0 Å². The summed E-state index contributed by atoms with van der Waals surface area (Å²) in [5, 5.41) is 40.9. The molecule has 1 aromatic heterocycles. The first-order valence-corrected chi connectivity index (χ1v) is 8.97. The van der Waals surface area contributed by atoms with Gasteiger partial charge in [-0.2, -0.15) is 0 Å². The second-order valence-electron chi connectivity index (χ2n) is 7.16. The zero-order chi connectivity index (χ0) is 22.3. The van der Waals surface area contributed by atoms with Gasteiger partial charge >= 0.3 is 11.7 Å². The summed E-state index contributed by atoms with van der Waals surface area (Å²) < 4.78 is 6.36. The Kier molecular flexibility index (Phi) is 5.92. The van der Waals surface area contributed by atoms with Crippen molar-refractivity contribution in [2.24, 2.45) is 0 Å². The van der Waals surface area contributed by atoms with E-state index in [1.807, 2.05) is 4.98 Å². The summed E-state index contributed by atoms with van der Waals surface area (Å²) in [6.07, 6.45) is -5.55. The lowest BCUT2D eigenvalue weighted by Gasteiger charge is -2.34. The van der Waals surface area contributed by atoms with E-state index in [9.17, 15) is 39.6 Å². The lowest BCUT2D eigenvalue weighted by molar-refractivity contribution is -0.149. The number of aliphatic hydroxyl groups is 3. The third-order valence-corrected chi connectivity index (χ3v) is 5.27. The summed E-state index contributed by atoms with van der Waals surface area (Å²) in [5.41, 5.74) is -1.84. The predicted molar refractivity (Wildman–Crippen MR) is 98.2 cm³/mol. The lowest BCUT2D eigenvalue weighted by atomic mass is 9.98. The summed E-state index contributed by atoms with van der Waals surface area (Å²) in [5.74, 6) is -2.08. The van der Waals surface area contributed by atoms with Crippen LogP contribution in [0.25, 0.3) is 0 Å². The fourth-order valence-corrected chi connectivity index (χ4v) is 3.63. The number of carboxylic acids is 1. The first kappa shape index (κ1) is 21.9. The Morgan fingerprint density at radius 3 is 2.50 bits per heavy atom. The average molecular weight is 426 g/mol. The van der Waals surface area contributed by atoms with Crippen LogP contribution in [0.15, 0.2) is 33.6 Å². The molecule has 3 rings (SSSR count). The van der Waals surface area contributed by atoms with Crippen molar-refractivity contribution in [3.63, 3.8) is 0 Å². The minimum atomic E-state index is -1.68. The number of aliphatic carboxylic acids is 1. The molecule has 13 nitrogen and oxygen atoms in total. The molecule has 1 aromatic rings. The van der Waals surface area contributed by atoms with Crippen LogP contribution in [0.5, 0.6) is 0 Å². The second-order valence-corrected chi connectivity index (χ2v) is 7.16. The Balaban J connectivity index is 1.88. The number of carbonyl (C=O) groups excluding carboxylic acids is 1. The van der Waals surface area contributed by atoms with Gasteiger partial charge < -0.3 is 30.1 Å². The highest BCUT2D eigenvalue weighted by Crippen LogP contribution is 2.32. The van der Waals surface area contributed by atoms with Gasteiger partial charge in [0.15, 0.2) is 6.23 Å². The number of nitrogens with one attached hydrogen (secondary N) is 1. The van der Waals surface area contributed by atoms with Crippen LogP contribution < -0.4 is 11.2 Å². The topological polar surface area (TPSA) is 186 Å². The Hall–Kier alpha value is -2.84. The maximum absolute atomic E-state index is 12.8. The van der Waals surface area contributed by atoms with Crippen LogP contribution in [0.3, 0.4) is 0 Å². The predicted octanol–water partition coefficient (Wildman–Crippen LogP) is -3.74. The Labute approximate surface area is 169 Å². The van der Waals surface area contributed by atoms with Crippen molar-refractivity contribution in [3.05, 3.63) is 44.9 Å². The first-order chi connectivity index (χ1) is 14.0. The Bertz CT molecular complexity index is 986. The molecule has 1 amide bonds. The van der Waals surface area contributed by atoms with Gasteiger partial charge in [-0.05, 0) is 13.1 Å². The normalized spacial score (nSPS) is 31.4. The van der Waals surface area contributed by atoms with Crippen molar-refractivity contribution in [2.75, 3.05) is 20.6 Å². The number of H-pyrrole nitrogens is 1. The van der Waals surface area contributed by atoms with Gasteiger partial charge in [-0.3, -0.25) is 24.0 Å². The van der Waals surface area contributed by atoms with Crippen molar-refractivity contribution in [1.82, 2.24) is 19.4 Å². The van der Waals surface area contributed by atoms with E-state index in [1.165, 1.54) is 25.1 Å². The molecule has 13 heteroatoms. The standard InChI is InChI=1S/C17H22N4O9/c1-19-5-3-7(16(27)28)20(2)14(26)9(19)10(23)13-11(24)12(25)15(30-13)21-6-4-8(22)18-17(21)29/h3-4,6,9-13,15,23-25H,5H2,1-2H3,(H,27,28)(H,18,22,29)/t9-,10+,11+,12-,13-,15-/m1/s1. The van der Waals surface area contributed by atoms with Gasteiger partial charge in [0.05, 0.1) is 0 Å². The maximum atomic E-state index is 12.8. The number of carboxylic acid groups (broad SMARTS) is 1. The highest BCUT2D eigenvalue weighted by Gasteiger charge is 2.51. The zero-order valence-corrected chi connectivity index (χ0v) is 16.1. The molecule has 2 aliphatic heterocycles. The number of ether oxygens (including phenoxy) is 1. The number of nitrogens with zero attached hydrogens (tertiary/aromatic N) is 3. The van der Waals surface area contributed by atoms with Gasteiger partial charge in [0.1, 0.15) is 36.2 Å². The van der Waals surface area contributed by atoms with Gasteiger partial charge in [-0.1, -0.05) is 0 Å². The molecule has 0 aliphatic carbocycles. The molecule has 30 heavy (non-hydrogen) atoms. The number of carbonyl (C=O) groups is 2. The zero-order valence-electron chi connectivity index (χ0n) is 16.1. The molecule has 0 radical (unpaired) electrons. The third kappa shape index (κ3) is 3.68. The van der Waals surface area contributed by atoms with E-state index in [0.29, 0.717) is 0 Å². The molecule has 164 valence electrons. The lowest BCUT2D eigenvalue weighted by Crippen LogP contribution is -2.56. The van der Waals surface area contributed by atoms with E-state index >= 15 is 0 Å².